The van der Waals surface area contributed by atoms with Crippen molar-refractivity contribution < 1.29 is 9.21 Å². The highest BCUT2D eigenvalue weighted by atomic mass is 32.1. The highest BCUT2D eigenvalue weighted by Gasteiger charge is 2.19. The van der Waals surface area contributed by atoms with E-state index >= 15 is 0 Å². The molecule has 0 aliphatic carbocycles. The Labute approximate surface area is 147 Å². The van der Waals surface area contributed by atoms with E-state index in [0.29, 0.717) is 27.0 Å². The zero-order valence-corrected chi connectivity index (χ0v) is 13.9. The van der Waals surface area contributed by atoms with Gasteiger partial charge in [-0.1, -0.05) is 48.5 Å². The minimum absolute atomic E-state index is 0.160. The van der Waals surface area contributed by atoms with E-state index in [1.165, 1.54) is 11.3 Å². The monoisotopic (exact) mass is 347 g/mol. The van der Waals surface area contributed by atoms with E-state index in [4.69, 9.17) is 4.42 Å². The normalized spacial score (nSPS) is 10.7. The highest BCUT2D eigenvalue weighted by molar-refractivity contribution is 7.12. The number of benzene rings is 2. The summed E-state index contributed by atoms with van der Waals surface area (Å²) in [6.07, 6.45) is 0. The maximum atomic E-state index is 13.0. The third-order valence-corrected chi connectivity index (χ3v) is 4.70. The van der Waals surface area contributed by atoms with Gasteiger partial charge in [0, 0.05) is 0 Å². The van der Waals surface area contributed by atoms with Gasteiger partial charge >= 0.3 is 0 Å². The molecule has 4 rings (SSSR count). The van der Waals surface area contributed by atoms with Crippen LogP contribution in [-0.2, 0) is 0 Å². The second kappa shape index (κ2) is 6.37. The van der Waals surface area contributed by atoms with Crippen LogP contribution in [0.3, 0.4) is 0 Å². The van der Waals surface area contributed by atoms with E-state index < -0.39 is 0 Å². The summed E-state index contributed by atoms with van der Waals surface area (Å²) in [7, 11) is 0. The number of fused-ring (bicyclic) bond motifs is 1. The zero-order valence-electron chi connectivity index (χ0n) is 13.1. The predicted octanol–water partition coefficient (Wildman–Crippen LogP) is 4.77. The third-order valence-electron chi connectivity index (χ3n) is 3.83. The molecule has 0 radical (unpaired) electrons. The van der Waals surface area contributed by atoms with Crippen LogP contribution >= 0.6 is 11.3 Å². The van der Waals surface area contributed by atoms with Crippen molar-refractivity contribution in [3.8, 4) is 11.1 Å². The topological polar surface area (TPSA) is 59.3 Å². The van der Waals surface area contributed by atoms with Gasteiger partial charge < -0.3 is 4.42 Å². The molecule has 0 aliphatic rings. The summed E-state index contributed by atoms with van der Waals surface area (Å²) in [5.74, 6) is -0.140. The smallest absolute Gasteiger partial charge is 0.268 e. The number of hydrogen-bond donors (Lipinski definition) is 1. The van der Waals surface area contributed by atoms with Crippen molar-refractivity contribution in [2.45, 2.75) is 0 Å². The minimum Gasteiger partial charge on any atom is -0.439 e. The molecular weight excluding hydrogens is 334 g/mol. The highest BCUT2D eigenvalue weighted by Crippen LogP contribution is 2.29. The van der Waals surface area contributed by atoms with Gasteiger partial charge in [-0.15, -0.1) is 11.3 Å². The number of nitrogens with one attached hydrogen (secondary N) is 1. The fourth-order valence-electron chi connectivity index (χ4n) is 2.67. The van der Waals surface area contributed by atoms with Gasteiger partial charge in [0.15, 0.2) is 0 Å². The number of anilines is 1. The Kier molecular flexibility index (Phi) is 3.91. The molecule has 4 nitrogen and oxygen atoms in total. The molecule has 0 saturated carbocycles. The Hall–Kier alpha value is -3.18. The lowest BCUT2D eigenvalue weighted by Gasteiger charge is -2.10. The minimum atomic E-state index is -0.300. The van der Waals surface area contributed by atoms with Crippen molar-refractivity contribution in [1.29, 1.82) is 0 Å². The van der Waals surface area contributed by atoms with Crippen LogP contribution in [-0.4, -0.2) is 5.91 Å². The van der Waals surface area contributed by atoms with E-state index in [-0.39, 0.29) is 17.2 Å². The van der Waals surface area contributed by atoms with Crippen LogP contribution < -0.4 is 10.7 Å². The Morgan fingerprint density at radius 2 is 1.68 bits per heavy atom. The first-order valence-corrected chi connectivity index (χ1v) is 8.58. The number of thiophene rings is 1. The van der Waals surface area contributed by atoms with Crippen LogP contribution in [0.2, 0.25) is 0 Å². The third kappa shape index (κ3) is 2.86. The van der Waals surface area contributed by atoms with Crippen LogP contribution in [0.1, 0.15) is 9.67 Å². The van der Waals surface area contributed by atoms with E-state index in [1.54, 1.807) is 36.4 Å². The summed E-state index contributed by atoms with van der Waals surface area (Å²) in [4.78, 5) is 26.0. The summed E-state index contributed by atoms with van der Waals surface area (Å²) in [5, 5.41) is 5.05. The Morgan fingerprint density at radius 3 is 2.44 bits per heavy atom. The Balaban J connectivity index is 1.92. The lowest BCUT2D eigenvalue weighted by atomic mass is 10.0. The molecule has 0 spiro atoms. The molecule has 2 aromatic heterocycles. The van der Waals surface area contributed by atoms with Crippen molar-refractivity contribution in [3.63, 3.8) is 0 Å². The average molecular weight is 347 g/mol. The largest absolute Gasteiger partial charge is 0.439 e. The van der Waals surface area contributed by atoms with Crippen molar-refractivity contribution in [1.82, 2.24) is 0 Å². The molecule has 2 heterocycles. The number of rotatable bonds is 3. The van der Waals surface area contributed by atoms with Gasteiger partial charge in [-0.2, -0.15) is 0 Å². The maximum Gasteiger partial charge on any atom is 0.268 e. The van der Waals surface area contributed by atoms with Crippen molar-refractivity contribution in [3.05, 3.63) is 87.2 Å². The van der Waals surface area contributed by atoms with Crippen LogP contribution in [0.25, 0.3) is 22.1 Å². The van der Waals surface area contributed by atoms with Gasteiger partial charge in [0.25, 0.3) is 5.91 Å². The molecule has 1 N–H and O–H groups in total. The van der Waals surface area contributed by atoms with Gasteiger partial charge in [0.2, 0.25) is 11.3 Å². The van der Waals surface area contributed by atoms with Crippen LogP contribution in [0.4, 0.5) is 5.88 Å². The first-order chi connectivity index (χ1) is 12.2. The van der Waals surface area contributed by atoms with Gasteiger partial charge in [0.1, 0.15) is 5.58 Å². The standard InChI is InChI=1S/C20H13NO3S/c22-18-14-9-4-5-10-15(14)24-20(17(18)13-7-2-1-3-8-13)21-19(23)16-11-6-12-25-16/h1-12H,(H,21,23). The first kappa shape index (κ1) is 15.4. The van der Waals surface area contributed by atoms with Crippen LogP contribution in [0, 0.1) is 0 Å². The quantitative estimate of drug-likeness (QED) is 0.580. The molecule has 0 fully saturated rings. The van der Waals surface area contributed by atoms with Gasteiger partial charge in [-0.25, -0.2) is 0 Å². The van der Waals surface area contributed by atoms with Crippen molar-refractivity contribution >= 4 is 34.1 Å². The molecule has 122 valence electrons. The first-order valence-electron chi connectivity index (χ1n) is 7.70. The molecule has 2 aromatic carbocycles. The summed E-state index contributed by atoms with van der Waals surface area (Å²) in [5.41, 5.74) is 1.32. The molecule has 0 unspecified atom stereocenters. The van der Waals surface area contributed by atoms with E-state index in [2.05, 4.69) is 5.32 Å². The van der Waals surface area contributed by atoms with Gasteiger partial charge in [-0.05, 0) is 29.1 Å². The summed E-state index contributed by atoms with van der Waals surface area (Å²) in [6.45, 7) is 0. The van der Waals surface area contributed by atoms with E-state index in [9.17, 15) is 9.59 Å². The molecule has 0 aliphatic heterocycles. The molecule has 0 atom stereocenters. The summed E-state index contributed by atoms with van der Waals surface area (Å²) >= 11 is 1.33. The van der Waals surface area contributed by atoms with Crippen molar-refractivity contribution in [2.24, 2.45) is 0 Å². The molecular formula is C20H13NO3S. The lowest BCUT2D eigenvalue weighted by Crippen LogP contribution is -2.15. The molecule has 4 aromatic rings. The van der Waals surface area contributed by atoms with Crippen molar-refractivity contribution in [2.75, 3.05) is 5.32 Å². The number of amides is 1. The summed E-state index contributed by atoms with van der Waals surface area (Å²) in [6, 6.07) is 19.7. The van der Waals surface area contributed by atoms with E-state index in [0.717, 1.165) is 0 Å². The van der Waals surface area contributed by atoms with Gasteiger partial charge in [0.05, 0.1) is 15.8 Å². The van der Waals surface area contributed by atoms with Gasteiger partial charge in [-0.3, -0.25) is 14.9 Å². The Morgan fingerprint density at radius 1 is 0.920 bits per heavy atom. The molecule has 0 saturated heterocycles. The second-order valence-electron chi connectivity index (χ2n) is 5.43. The molecule has 25 heavy (non-hydrogen) atoms. The molecule has 0 bridgehead atoms. The second-order valence-corrected chi connectivity index (χ2v) is 6.38. The fraction of sp³-hybridized carbons (Fsp3) is 0. The van der Waals surface area contributed by atoms with E-state index in [1.807, 2.05) is 35.7 Å². The SMILES string of the molecule is O=C(Nc1oc2ccccc2c(=O)c1-c1ccccc1)c1cccs1. The maximum absolute atomic E-state index is 13.0. The predicted molar refractivity (Wildman–Crippen MR) is 100 cm³/mol. The lowest BCUT2D eigenvalue weighted by molar-refractivity contribution is 0.102. The Bertz CT molecular complexity index is 1100. The average Bonchev–Trinajstić information content (AvgIpc) is 3.18. The van der Waals surface area contributed by atoms with Crippen LogP contribution in [0.15, 0.2) is 81.3 Å². The molecule has 5 heteroatoms. The summed E-state index contributed by atoms with van der Waals surface area (Å²) < 4.78 is 5.87. The van der Waals surface area contributed by atoms with Crippen LogP contribution in [0.5, 0.6) is 0 Å². The number of carbonyl (C=O) groups excluding carboxylic acids is 1. The fourth-order valence-corrected chi connectivity index (χ4v) is 3.29. The zero-order chi connectivity index (χ0) is 17.2. The molecule has 1 amide bonds. The number of para-hydroxylation sites is 1. The number of carbonyl (C=O) groups is 1. The number of hydrogen-bond acceptors (Lipinski definition) is 4.